The standard InChI is InChI=1S/C16H16BrNO2/c1-11-3-7-14(8-4-11)18(2)10-13-6-5-12(16(19)20)9-15(13)17/h3-9H,10H2,1-2H3,(H,19,20). The van der Waals surface area contributed by atoms with Gasteiger partial charge in [-0.15, -0.1) is 0 Å². The average molecular weight is 334 g/mol. The SMILES string of the molecule is Cc1ccc(N(C)Cc2ccc(C(=O)O)cc2Br)cc1. The van der Waals surface area contributed by atoms with E-state index in [-0.39, 0.29) is 0 Å². The van der Waals surface area contributed by atoms with E-state index in [1.807, 2.05) is 13.1 Å². The van der Waals surface area contributed by atoms with Crippen LogP contribution in [0.25, 0.3) is 0 Å². The van der Waals surface area contributed by atoms with Crippen LogP contribution in [0.4, 0.5) is 5.69 Å². The quantitative estimate of drug-likeness (QED) is 0.915. The fourth-order valence-electron chi connectivity index (χ4n) is 1.95. The van der Waals surface area contributed by atoms with Crippen molar-refractivity contribution in [2.45, 2.75) is 13.5 Å². The molecule has 0 unspecified atom stereocenters. The number of halogens is 1. The van der Waals surface area contributed by atoms with Crippen LogP contribution in [0, 0.1) is 6.92 Å². The van der Waals surface area contributed by atoms with Gasteiger partial charge in [0.15, 0.2) is 0 Å². The van der Waals surface area contributed by atoms with Gasteiger partial charge in [-0.05, 0) is 36.8 Å². The van der Waals surface area contributed by atoms with Crippen molar-refractivity contribution in [1.29, 1.82) is 0 Å². The highest BCUT2D eigenvalue weighted by molar-refractivity contribution is 9.10. The first-order valence-corrected chi connectivity index (χ1v) is 7.06. The Morgan fingerprint density at radius 1 is 1.20 bits per heavy atom. The van der Waals surface area contributed by atoms with Crippen molar-refractivity contribution in [1.82, 2.24) is 0 Å². The highest BCUT2D eigenvalue weighted by Crippen LogP contribution is 2.23. The Morgan fingerprint density at radius 3 is 2.40 bits per heavy atom. The Bertz CT molecular complexity index is 623. The third-order valence-electron chi connectivity index (χ3n) is 3.18. The summed E-state index contributed by atoms with van der Waals surface area (Å²) in [7, 11) is 2.02. The summed E-state index contributed by atoms with van der Waals surface area (Å²) in [6.45, 7) is 2.77. The van der Waals surface area contributed by atoms with E-state index in [9.17, 15) is 4.79 Å². The Labute approximate surface area is 127 Å². The van der Waals surface area contributed by atoms with Crippen molar-refractivity contribution in [3.05, 3.63) is 63.6 Å². The molecular weight excluding hydrogens is 318 g/mol. The number of carboxylic acid groups (broad SMARTS) is 1. The van der Waals surface area contributed by atoms with Crippen LogP contribution in [-0.4, -0.2) is 18.1 Å². The van der Waals surface area contributed by atoms with Crippen LogP contribution in [0.3, 0.4) is 0 Å². The van der Waals surface area contributed by atoms with Crippen molar-refractivity contribution in [3.8, 4) is 0 Å². The fraction of sp³-hybridized carbons (Fsp3) is 0.188. The largest absolute Gasteiger partial charge is 0.478 e. The van der Waals surface area contributed by atoms with Gasteiger partial charge in [-0.25, -0.2) is 4.79 Å². The zero-order valence-corrected chi connectivity index (χ0v) is 13.0. The molecule has 2 aromatic carbocycles. The van der Waals surface area contributed by atoms with E-state index in [2.05, 4.69) is 52.0 Å². The number of hydrogen-bond donors (Lipinski definition) is 1. The molecule has 0 aliphatic carbocycles. The molecule has 1 N–H and O–H groups in total. The Balaban J connectivity index is 2.17. The predicted octanol–water partition coefficient (Wildman–Crippen LogP) is 4.09. The number of rotatable bonds is 4. The Hall–Kier alpha value is -1.81. The third kappa shape index (κ3) is 3.39. The number of anilines is 1. The van der Waals surface area contributed by atoms with Gasteiger partial charge in [0.05, 0.1) is 5.56 Å². The van der Waals surface area contributed by atoms with Gasteiger partial charge in [0, 0.05) is 23.8 Å². The minimum absolute atomic E-state index is 0.290. The molecule has 0 aliphatic heterocycles. The Kier molecular flexibility index (Phi) is 4.45. The van der Waals surface area contributed by atoms with Crippen LogP contribution < -0.4 is 4.90 Å². The normalized spacial score (nSPS) is 10.3. The molecule has 0 saturated heterocycles. The van der Waals surface area contributed by atoms with Crippen LogP contribution in [0.1, 0.15) is 21.5 Å². The lowest BCUT2D eigenvalue weighted by Gasteiger charge is -2.20. The molecule has 4 heteroatoms. The predicted molar refractivity (Wildman–Crippen MR) is 84.4 cm³/mol. The molecular formula is C16H16BrNO2. The number of nitrogens with zero attached hydrogens (tertiary/aromatic N) is 1. The summed E-state index contributed by atoms with van der Waals surface area (Å²) in [5.41, 5.74) is 3.70. The molecule has 3 nitrogen and oxygen atoms in total. The molecule has 0 radical (unpaired) electrons. The van der Waals surface area contributed by atoms with Crippen molar-refractivity contribution in [2.75, 3.05) is 11.9 Å². The van der Waals surface area contributed by atoms with Crippen molar-refractivity contribution in [2.24, 2.45) is 0 Å². The molecule has 0 heterocycles. The lowest BCUT2D eigenvalue weighted by molar-refractivity contribution is 0.0697. The topological polar surface area (TPSA) is 40.5 Å². The summed E-state index contributed by atoms with van der Waals surface area (Å²) in [6.07, 6.45) is 0. The Morgan fingerprint density at radius 2 is 1.85 bits per heavy atom. The fourth-order valence-corrected chi connectivity index (χ4v) is 2.46. The molecule has 0 amide bonds. The first-order valence-electron chi connectivity index (χ1n) is 6.27. The summed E-state index contributed by atoms with van der Waals surface area (Å²) in [6, 6.07) is 13.4. The highest BCUT2D eigenvalue weighted by Gasteiger charge is 2.09. The smallest absolute Gasteiger partial charge is 0.335 e. The molecule has 0 aromatic heterocycles. The molecule has 20 heavy (non-hydrogen) atoms. The number of aromatic carboxylic acids is 1. The van der Waals surface area contributed by atoms with Crippen LogP contribution in [0.15, 0.2) is 46.9 Å². The summed E-state index contributed by atoms with van der Waals surface area (Å²) < 4.78 is 0.816. The second-order valence-corrected chi connectivity index (χ2v) is 5.66. The lowest BCUT2D eigenvalue weighted by Crippen LogP contribution is -2.16. The maximum atomic E-state index is 10.9. The number of aryl methyl sites for hydroxylation is 1. The lowest BCUT2D eigenvalue weighted by atomic mass is 10.1. The van der Waals surface area contributed by atoms with E-state index in [4.69, 9.17) is 5.11 Å². The highest BCUT2D eigenvalue weighted by atomic mass is 79.9. The van der Waals surface area contributed by atoms with Crippen molar-refractivity contribution < 1.29 is 9.90 Å². The molecule has 0 saturated carbocycles. The average Bonchev–Trinajstić information content (AvgIpc) is 2.41. The van der Waals surface area contributed by atoms with Crippen molar-refractivity contribution in [3.63, 3.8) is 0 Å². The van der Waals surface area contributed by atoms with Gasteiger partial charge in [-0.2, -0.15) is 0 Å². The first kappa shape index (κ1) is 14.6. The molecule has 2 aromatic rings. The van der Waals surface area contributed by atoms with E-state index in [1.54, 1.807) is 12.1 Å². The summed E-state index contributed by atoms with van der Waals surface area (Å²) in [5.74, 6) is -0.913. The van der Waals surface area contributed by atoms with Gasteiger partial charge in [-0.1, -0.05) is 39.7 Å². The van der Waals surface area contributed by atoms with E-state index in [0.29, 0.717) is 12.1 Å². The minimum Gasteiger partial charge on any atom is -0.478 e. The third-order valence-corrected chi connectivity index (χ3v) is 3.92. The van der Waals surface area contributed by atoms with Gasteiger partial charge < -0.3 is 10.0 Å². The summed E-state index contributed by atoms with van der Waals surface area (Å²) in [5, 5.41) is 8.95. The number of hydrogen-bond acceptors (Lipinski definition) is 2. The molecule has 0 atom stereocenters. The van der Waals surface area contributed by atoms with Gasteiger partial charge in [0.2, 0.25) is 0 Å². The maximum Gasteiger partial charge on any atom is 0.335 e. The van der Waals surface area contributed by atoms with E-state index >= 15 is 0 Å². The van der Waals surface area contributed by atoms with Gasteiger partial charge >= 0.3 is 5.97 Å². The second kappa shape index (κ2) is 6.09. The minimum atomic E-state index is -0.913. The van der Waals surface area contributed by atoms with Gasteiger partial charge in [0.25, 0.3) is 0 Å². The molecule has 0 spiro atoms. The van der Waals surface area contributed by atoms with Crippen LogP contribution in [0.2, 0.25) is 0 Å². The molecule has 0 aliphatic rings. The van der Waals surface area contributed by atoms with Gasteiger partial charge in [0.1, 0.15) is 0 Å². The zero-order valence-electron chi connectivity index (χ0n) is 11.4. The maximum absolute atomic E-state index is 10.9. The molecule has 0 bridgehead atoms. The first-order chi connectivity index (χ1) is 9.47. The van der Waals surface area contributed by atoms with Crippen molar-refractivity contribution >= 4 is 27.6 Å². The molecule has 0 fully saturated rings. The van der Waals surface area contributed by atoms with E-state index in [1.165, 1.54) is 5.56 Å². The van der Waals surface area contributed by atoms with Crippen LogP contribution in [-0.2, 0) is 6.54 Å². The van der Waals surface area contributed by atoms with Crippen LogP contribution in [0.5, 0.6) is 0 Å². The molecule has 104 valence electrons. The monoisotopic (exact) mass is 333 g/mol. The van der Waals surface area contributed by atoms with E-state index < -0.39 is 5.97 Å². The summed E-state index contributed by atoms with van der Waals surface area (Å²) in [4.78, 5) is 13.0. The number of carbonyl (C=O) groups is 1. The number of benzene rings is 2. The zero-order chi connectivity index (χ0) is 14.7. The van der Waals surface area contributed by atoms with Crippen LogP contribution >= 0.6 is 15.9 Å². The number of carboxylic acids is 1. The van der Waals surface area contributed by atoms with E-state index in [0.717, 1.165) is 15.7 Å². The van der Waals surface area contributed by atoms with Gasteiger partial charge in [-0.3, -0.25) is 0 Å². The molecule has 2 rings (SSSR count). The summed E-state index contributed by atoms with van der Waals surface area (Å²) >= 11 is 3.44. The second-order valence-electron chi connectivity index (χ2n) is 4.80.